The summed E-state index contributed by atoms with van der Waals surface area (Å²) in [6.07, 6.45) is 0.308. The van der Waals surface area contributed by atoms with Crippen LogP contribution in [0.3, 0.4) is 0 Å². The highest BCUT2D eigenvalue weighted by Gasteiger charge is 2.21. The lowest BCUT2D eigenvalue weighted by atomic mass is 9.95. The number of fused-ring (bicyclic) bond motifs is 1. The van der Waals surface area contributed by atoms with Crippen molar-refractivity contribution in [3.8, 4) is 17.2 Å². The van der Waals surface area contributed by atoms with Crippen LogP contribution < -0.4 is 19.5 Å². The maximum absolute atomic E-state index is 12.4. The SMILES string of the molecule is Cc1ccccc1OCCC(=O)N[C@H](c1ccc2c(c1)OCCO2)C(C)C. The van der Waals surface area contributed by atoms with Crippen molar-refractivity contribution in [2.75, 3.05) is 19.8 Å². The summed E-state index contributed by atoms with van der Waals surface area (Å²) in [5.74, 6) is 2.52. The molecule has 0 bridgehead atoms. The number of rotatable bonds is 7. The zero-order valence-electron chi connectivity index (χ0n) is 16.2. The van der Waals surface area contributed by atoms with E-state index in [1.54, 1.807) is 0 Å². The van der Waals surface area contributed by atoms with Crippen LogP contribution in [0.5, 0.6) is 17.2 Å². The van der Waals surface area contributed by atoms with E-state index in [0.717, 1.165) is 28.4 Å². The van der Waals surface area contributed by atoms with E-state index in [-0.39, 0.29) is 17.9 Å². The van der Waals surface area contributed by atoms with Crippen molar-refractivity contribution in [1.82, 2.24) is 5.32 Å². The molecule has 0 fully saturated rings. The molecule has 0 unspecified atom stereocenters. The van der Waals surface area contributed by atoms with Crippen LogP contribution in [0.4, 0.5) is 0 Å². The Labute approximate surface area is 160 Å². The van der Waals surface area contributed by atoms with Crippen molar-refractivity contribution < 1.29 is 19.0 Å². The van der Waals surface area contributed by atoms with Crippen LogP contribution in [0, 0.1) is 12.8 Å². The normalized spacial score (nSPS) is 13.9. The molecule has 0 aliphatic carbocycles. The van der Waals surface area contributed by atoms with Crippen LogP contribution in [0.1, 0.15) is 37.4 Å². The van der Waals surface area contributed by atoms with Crippen molar-refractivity contribution in [1.29, 1.82) is 0 Å². The van der Waals surface area contributed by atoms with Gasteiger partial charge in [0.05, 0.1) is 19.1 Å². The Balaban J connectivity index is 1.59. The summed E-state index contributed by atoms with van der Waals surface area (Å²) in [5.41, 5.74) is 2.08. The number of aryl methyl sites for hydroxylation is 1. The van der Waals surface area contributed by atoms with Gasteiger partial charge in [-0.15, -0.1) is 0 Å². The number of benzene rings is 2. The standard InChI is InChI=1S/C22H27NO4/c1-15(2)22(17-8-9-19-20(14-17)27-13-12-26-19)23-21(24)10-11-25-18-7-5-4-6-16(18)3/h4-9,14-15,22H,10-13H2,1-3H3,(H,23,24)/t22-/m0/s1. The first-order valence-electron chi connectivity index (χ1n) is 9.42. The molecule has 0 radical (unpaired) electrons. The van der Waals surface area contributed by atoms with Gasteiger partial charge in [-0.3, -0.25) is 4.79 Å². The van der Waals surface area contributed by atoms with Gasteiger partial charge in [0, 0.05) is 0 Å². The molecule has 5 nitrogen and oxygen atoms in total. The largest absolute Gasteiger partial charge is 0.493 e. The highest BCUT2D eigenvalue weighted by atomic mass is 16.6. The van der Waals surface area contributed by atoms with E-state index >= 15 is 0 Å². The highest BCUT2D eigenvalue weighted by molar-refractivity contribution is 5.76. The second-order valence-electron chi connectivity index (χ2n) is 7.06. The Morgan fingerprint density at radius 1 is 1.11 bits per heavy atom. The highest BCUT2D eigenvalue weighted by Crippen LogP contribution is 2.34. The van der Waals surface area contributed by atoms with Crippen molar-refractivity contribution in [2.45, 2.75) is 33.2 Å². The number of amides is 1. The molecule has 1 N–H and O–H groups in total. The number of carbonyl (C=O) groups excluding carboxylic acids is 1. The lowest BCUT2D eigenvalue weighted by molar-refractivity contribution is -0.122. The minimum absolute atomic E-state index is 0.0304. The molecule has 1 aliphatic heterocycles. The van der Waals surface area contributed by atoms with Crippen LogP contribution in [0.2, 0.25) is 0 Å². The minimum Gasteiger partial charge on any atom is -0.493 e. The quantitative estimate of drug-likeness (QED) is 0.800. The summed E-state index contributed by atoms with van der Waals surface area (Å²) in [4.78, 5) is 12.4. The summed E-state index contributed by atoms with van der Waals surface area (Å²) < 4.78 is 17.0. The average molecular weight is 369 g/mol. The molecule has 3 rings (SSSR count). The van der Waals surface area contributed by atoms with Gasteiger partial charge in [0.1, 0.15) is 19.0 Å². The molecular weight excluding hydrogens is 342 g/mol. The van der Waals surface area contributed by atoms with E-state index in [9.17, 15) is 4.79 Å². The lowest BCUT2D eigenvalue weighted by Gasteiger charge is -2.25. The van der Waals surface area contributed by atoms with Gasteiger partial charge in [-0.25, -0.2) is 0 Å². The topological polar surface area (TPSA) is 56.8 Å². The molecule has 5 heteroatoms. The molecule has 1 aliphatic rings. The van der Waals surface area contributed by atoms with Crippen molar-refractivity contribution in [3.63, 3.8) is 0 Å². The molecule has 144 valence electrons. The Hall–Kier alpha value is -2.69. The fourth-order valence-electron chi connectivity index (χ4n) is 3.11. The third-order valence-electron chi connectivity index (χ3n) is 4.59. The van der Waals surface area contributed by atoms with Gasteiger partial charge in [-0.1, -0.05) is 38.1 Å². The molecule has 0 spiro atoms. The molecule has 1 heterocycles. The molecule has 0 aromatic heterocycles. The predicted octanol–water partition coefficient (Wildman–Crippen LogP) is 4.05. The summed E-state index contributed by atoms with van der Waals surface area (Å²) >= 11 is 0. The molecule has 0 saturated heterocycles. The number of hydrogen-bond acceptors (Lipinski definition) is 4. The fourth-order valence-corrected chi connectivity index (χ4v) is 3.11. The molecule has 1 atom stereocenters. The van der Waals surface area contributed by atoms with Gasteiger partial charge >= 0.3 is 0 Å². The first kappa shape index (κ1) is 19.1. The summed E-state index contributed by atoms with van der Waals surface area (Å²) in [7, 11) is 0. The lowest BCUT2D eigenvalue weighted by Crippen LogP contribution is -2.32. The van der Waals surface area contributed by atoms with Gasteiger partial charge in [0.25, 0.3) is 0 Å². The molecule has 0 saturated carbocycles. The van der Waals surface area contributed by atoms with Crippen molar-refractivity contribution in [3.05, 3.63) is 53.6 Å². The zero-order valence-corrected chi connectivity index (χ0v) is 16.2. The van der Waals surface area contributed by atoms with Gasteiger partial charge in [0.2, 0.25) is 5.91 Å². The summed E-state index contributed by atoms with van der Waals surface area (Å²) in [6.45, 7) is 7.63. The maximum Gasteiger partial charge on any atom is 0.223 e. The van der Waals surface area contributed by atoms with E-state index < -0.39 is 0 Å². The Bertz CT molecular complexity index is 788. The number of ether oxygens (including phenoxy) is 3. The summed E-state index contributed by atoms with van der Waals surface area (Å²) in [5, 5.41) is 3.13. The Morgan fingerprint density at radius 3 is 2.59 bits per heavy atom. The van der Waals surface area contributed by atoms with Crippen LogP contribution in [0.25, 0.3) is 0 Å². The van der Waals surface area contributed by atoms with E-state index in [1.165, 1.54) is 0 Å². The number of carbonyl (C=O) groups is 1. The van der Waals surface area contributed by atoms with E-state index in [0.29, 0.717) is 26.2 Å². The Morgan fingerprint density at radius 2 is 1.85 bits per heavy atom. The third kappa shape index (κ3) is 4.94. The van der Waals surface area contributed by atoms with Crippen LogP contribution in [-0.2, 0) is 4.79 Å². The van der Waals surface area contributed by atoms with Gasteiger partial charge in [-0.2, -0.15) is 0 Å². The second kappa shape index (κ2) is 8.80. The van der Waals surface area contributed by atoms with E-state index in [4.69, 9.17) is 14.2 Å². The smallest absolute Gasteiger partial charge is 0.223 e. The fraction of sp³-hybridized carbons (Fsp3) is 0.409. The molecule has 2 aromatic carbocycles. The van der Waals surface area contributed by atoms with Gasteiger partial charge in [0.15, 0.2) is 11.5 Å². The van der Waals surface area contributed by atoms with E-state index in [1.807, 2.05) is 49.4 Å². The zero-order chi connectivity index (χ0) is 19.2. The molecule has 27 heavy (non-hydrogen) atoms. The molecule has 2 aromatic rings. The Kier molecular flexibility index (Phi) is 6.22. The molecule has 1 amide bonds. The van der Waals surface area contributed by atoms with Crippen LogP contribution in [-0.4, -0.2) is 25.7 Å². The van der Waals surface area contributed by atoms with Gasteiger partial charge < -0.3 is 19.5 Å². The number of hydrogen-bond donors (Lipinski definition) is 1. The maximum atomic E-state index is 12.4. The van der Waals surface area contributed by atoms with E-state index in [2.05, 4.69) is 19.2 Å². The monoisotopic (exact) mass is 369 g/mol. The predicted molar refractivity (Wildman–Crippen MR) is 104 cm³/mol. The number of para-hydroxylation sites is 1. The van der Waals surface area contributed by atoms with Crippen molar-refractivity contribution >= 4 is 5.91 Å². The first-order valence-corrected chi connectivity index (χ1v) is 9.42. The van der Waals surface area contributed by atoms with Crippen LogP contribution in [0.15, 0.2) is 42.5 Å². The van der Waals surface area contributed by atoms with Crippen LogP contribution >= 0.6 is 0 Å². The third-order valence-corrected chi connectivity index (χ3v) is 4.59. The summed E-state index contributed by atoms with van der Waals surface area (Å²) in [6, 6.07) is 13.6. The second-order valence-corrected chi connectivity index (χ2v) is 7.06. The first-order chi connectivity index (χ1) is 13.0. The average Bonchev–Trinajstić information content (AvgIpc) is 2.67. The minimum atomic E-state index is -0.0909. The number of nitrogens with one attached hydrogen (secondary N) is 1. The van der Waals surface area contributed by atoms with Crippen molar-refractivity contribution in [2.24, 2.45) is 5.92 Å². The molecular formula is C22H27NO4. The van der Waals surface area contributed by atoms with Gasteiger partial charge in [-0.05, 0) is 42.2 Å².